The van der Waals surface area contributed by atoms with Crippen molar-refractivity contribution in [3.05, 3.63) is 28.2 Å². The summed E-state index contributed by atoms with van der Waals surface area (Å²) in [7, 11) is 0. The van der Waals surface area contributed by atoms with E-state index in [1.807, 2.05) is 11.8 Å². The third-order valence-corrected chi connectivity index (χ3v) is 5.47. The summed E-state index contributed by atoms with van der Waals surface area (Å²) in [6.45, 7) is 0. The number of thioether (sulfide) groups is 1. The highest BCUT2D eigenvalue weighted by molar-refractivity contribution is 9.10. The molecule has 1 saturated carbocycles. The van der Waals surface area contributed by atoms with Gasteiger partial charge in [0.15, 0.2) is 0 Å². The van der Waals surface area contributed by atoms with Gasteiger partial charge in [-0.1, -0.05) is 12.8 Å². The second-order valence-electron chi connectivity index (χ2n) is 5.00. The molecule has 20 heavy (non-hydrogen) atoms. The maximum absolute atomic E-state index is 12.6. The molecule has 0 heterocycles. The van der Waals surface area contributed by atoms with Crippen LogP contribution in [0.25, 0.3) is 0 Å². The zero-order chi connectivity index (χ0) is 14.8. The lowest BCUT2D eigenvalue weighted by Crippen LogP contribution is -2.34. The molecule has 1 fully saturated rings. The predicted molar refractivity (Wildman–Crippen MR) is 82.3 cm³/mol. The molecule has 112 valence electrons. The van der Waals surface area contributed by atoms with Gasteiger partial charge in [-0.25, -0.2) is 0 Å². The van der Waals surface area contributed by atoms with Crippen molar-refractivity contribution in [2.45, 2.75) is 43.2 Å². The number of hydrogen-bond donors (Lipinski definition) is 1. The third kappa shape index (κ3) is 3.85. The fourth-order valence-electron chi connectivity index (χ4n) is 2.55. The molecule has 2 unspecified atom stereocenters. The van der Waals surface area contributed by atoms with Crippen LogP contribution in [0.4, 0.5) is 18.9 Å². The minimum Gasteiger partial charge on any atom is -0.380 e. The first kappa shape index (κ1) is 16.0. The van der Waals surface area contributed by atoms with E-state index in [1.54, 1.807) is 0 Å². The van der Waals surface area contributed by atoms with E-state index in [9.17, 15) is 13.2 Å². The zero-order valence-corrected chi connectivity index (χ0v) is 13.5. The molecular formula is C14H17BrF3NS. The van der Waals surface area contributed by atoms with E-state index in [4.69, 9.17) is 0 Å². The molecule has 1 aliphatic carbocycles. The zero-order valence-electron chi connectivity index (χ0n) is 11.1. The first-order chi connectivity index (χ1) is 9.41. The number of alkyl halides is 3. The lowest BCUT2D eigenvalue weighted by molar-refractivity contribution is -0.137. The second-order valence-corrected chi connectivity index (χ2v) is 6.93. The predicted octanol–water partition coefficient (Wildman–Crippen LogP) is 5.55. The van der Waals surface area contributed by atoms with Crippen molar-refractivity contribution in [1.82, 2.24) is 0 Å². The molecular weight excluding hydrogens is 351 g/mol. The molecule has 1 nitrogen and oxygen atoms in total. The summed E-state index contributed by atoms with van der Waals surface area (Å²) in [5, 5.41) is 3.92. The molecule has 0 bridgehead atoms. The fraction of sp³-hybridized carbons (Fsp3) is 0.571. The minimum absolute atomic E-state index is 0.326. The summed E-state index contributed by atoms with van der Waals surface area (Å²) < 4.78 is 38.4. The van der Waals surface area contributed by atoms with Gasteiger partial charge in [-0.05, 0) is 53.2 Å². The van der Waals surface area contributed by atoms with Crippen molar-refractivity contribution < 1.29 is 13.2 Å². The van der Waals surface area contributed by atoms with Gasteiger partial charge in [0.2, 0.25) is 0 Å². The van der Waals surface area contributed by atoms with Gasteiger partial charge in [0, 0.05) is 21.5 Å². The highest BCUT2D eigenvalue weighted by atomic mass is 79.9. The van der Waals surface area contributed by atoms with Crippen LogP contribution >= 0.6 is 27.7 Å². The topological polar surface area (TPSA) is 12.0 Å². The Balaban J connectivity index is 2.13. The summed E-state index contributed by atoms with van der Waals surface area (Å²) in [4.78, 5) is 0. The van der Waals surface area contributed by atoms with Gasteiger partial charge in [0.25, 0.3) is 0 Å². The Bertz CT molecular complexity index is 464. The Morgan fingerprint density at radius 2 is 1.95 bits per heavy atom. The summed E-state index contributed by atoms with van der Waals surface area (Å²) in [5.74, 6) is 0. The van der Waals surface area contributed by atoms with E-state index in [1.165, 1.54) is 18.9 Å². The van der Waals surface area contributed by atoms with Gasteiger partial charge in [-0.3, -0.25) is 0 Å². The fourth-order valence-corrected chi connectivity index (χ4v) is 3.98. The van der Waals surface area contributed by atoms with E-state index < -0.39 is 11.7 Å². The Hall–Kier alpha value is -0.360. The molecule has 1 aromatic carbocycles. The molecule has 0 amide bonds. The van der Waals surface area contributed by atoms with E-state index >= 15 is 0 Å². The van der Waals surface area contributed by atoms with Crippen LogP contribution in [-0.4, -0.2) is 17.5 Å². The number of halogens is 4. The highest BCUT2D eigenvalue weighted by Crippen LogP contribution is 2.36. The standard InChI is InChI=1S/C14H17BrF3NS/c1-20-13-5-3-2-4-12(13)19-11-7-6-9(8-10(11)15)14(16,17)18/h6-8,12-13,19H,2-5H2,1H3. The SMILES string of the molecule is CSC1CCCCC1Nc1ccc(C(F)(F)F)cc1Br. The molecule has 1 N–H and O–H groups in total. The minimum atomic E-state index is -4.30. The first-order valence-corrected chi connectivity index (χ1v) is 8.66. The Labute approximate surface area is 129 Å². The normalized spacial score (nSPS) is 23.6. The van der Waals surface area contributed by atoms with E-state index in [2.05, 4.69) is 27.5 Å². The number of benzene rings is 1. The van der Waals surface area contributed by atoms with Crippen molar-refractivity contribution in [2.75, 3.05) is 11.6 Å². The number of rotatable bonds is 3. The van der Waals surface area contributed by atoms with Gasteiger partial charge >= 0.3 is 6.18 Å². The summed E-state index contributed by atoms with van der Waals surface area (Å²) in [5.41, 5.74) is 0.115. The summed E-state index contributed by atoms with van der Waals surface area (Å²) in [6, 6.07) is 4.11. The van der Waals surface area contributed by atoms with Crippen LogP contribution in [0.2, 0.25) is 0 Å². The van der Waals surface area contributed by atoms with Gasteiger partial charge < -0.3 is 5.32 Å². The Kier molecular flexibility index (Phi) is 5.29. The van der Waals surface area contributed by atoms with Crippen molar-refractivity contribution in [2.24, 2.45) is 0 Å². The molecule has 0 aliphatic heterocycles. The molecule has 0 radical (unpaired) electrons. The molecule has 2 atom stereocenters. The van der Waals surface area contributed by atoms with Gasteiger partial charge in [0.1, 0.15) is 0 Å². The Morgan fingerprint density at radius 3 is 2.55 bits per heavy atom. The summed E-state index contributed by atoms with van der Waals surface area (Å²) in [6.07, 6.45) is 2.43. The average molecular weight is 368 g/mol. The number of anilines is 1. The molecule has 0 saturated heterocycles. The van der Waals surface area contributed by atoms with E-state index in [-0.39, 0.29) is 0 Å². The number of nitrogens with one attached hydrogen (secondary N) is 1. The summed E-state index contributed by atoms with van der Waals surface area (Å²) >= 11 is 5.07. The van der Waals surface area contributed by atoms with Crippen LogP contribution in [0.3, 0.4) is 0 Å². The average Bonchev–Trinajstić information content (AvgIpc) is 2.40. The van der Waals surface area contributed by atoms with Crippen LogP contribution < -0.4 is 5.32 Å². The molecule has 1 aromatic rings. The van der Waals surface area contributed by atoms with Crippen molar-refractivity contribution in [1.29, 1.82) is 0 Å². The van der Waals surface area contributed by atoms with E-state index in [0.29, 0.717) is 15.8 Å². The first-order valence-electron chi connectivity index (χ1n) is 6.58. The monoisotopic (exact) mass is 367 g/mol. The third-order valence-electron chi connectivity index (χ3n) is 3.64. The van der Waals surface area contributed by atoms with Crippen LogP contribution in [-0.2, 0) is 6.18 Å². The molecule has 0 spiro atoms. The van der Waals surface area contributed by atoms with Crippen LogP contribution in [0.15, 0.2) is 22.7 Å². The largest absolute Gasteiger partial charge is 0.416 e. The molecule has 1 aliphatic rings. The number of hydrogen-bond acceptors (Lipinski definition) is 2. The maximum atomic E-state index is 12.6. The van der Waals surface area contributed by atoms with Gasteiger partial charge in [-0.15, -0.1) is 0 Å². The van der Waals surface area contributed by atoms with Crippen molar-refractivity contribution >= 4 is 33.4 Å². The van der Waals surface area contributed by atoms with Gasteiger partial charge in [0.05, 0.1) is 5.56 Å². The Morgan fingerprint density at radius 1 is 1.25 bits per heavy atom. The van der Waals surface area contributed by atoms with Crippen LogP contribution in [0.1, 0.15) is 31.2 Å². The molecule has 0 aromatic heterocycles. The second kappa shape index (κ2) is 6.60. The van der Waals surface area contributed by atoms with Crippen molar-refractivity contribution in [3.63, 3.8) is 0 Å². The highest BCUT2D eigenvalue weighted by Gasteiger charge is 2.31. The molecule has 2 rings (SSSR count). The molecule has 6 heteroatoms. The maximum Gasteiger partial charge on any atom is 0.416 e. The lowest BCUT2D eigenvalue weighted by Gasteiger charge is -2.32. The van der Waals surface area contributed by atoms with E-state index in [0.717, 1.165) is 30.7 Å². The van der Waals surface area contributed by atoms with Crippen LogP contribution in [0.5, 0.6) is 0 Å². The smallest absolute Gasteiger partial charge is 0.380 e. The van der Waals surface area contributed by atoms with Gasteiger partial charge in [-0.2, -0.15) is 24.9 Å². The van der Waals surface area contributed by atoms with Crippen LogP contribution in [0, 0.1) is 0 Å². The quantitative estimate of drug-likeness (QED) is 0.750. The van der Waals surface area contributed by atoms with Crippen molar-refractivity contribution in [3.8, 4) is 0 Å². The lowest BCUT2D eigenvalue weighted by atomic mass is 9.94.